The molecule has 0 atom stereocenters. The molecule has 0 amide bonds. The smallest absolute Gasteiger partial charge is 0.345 e. The molecule has 8 aromatic rings. The number of fused-ring (bicyclic) bond motifs is 3. The van der Waals surface area contributed by atoms with Crippen molar-refractivity contribution < 1.29 is 40.1 Å². The van der Waals surface area contributed by atoms with E-state index >= 15 is 8.78 Å². The van der Waals surface area contributed by atoms with Crippen LogP contribution in [0.15, 0.2) is 144 Å². The summed E-state index contributed by atoms with van der Waals surface area (Å²) in [4.78, 5) is 12.2. The highest BCUT2D eigenvalue weighted by atomic mass is 32.2. The molecule has 0 aromatic heterocycles. The van der Waals surface area contributed by atoms with Crippen LogP contribution in [0.1, 0.15) is 10.4 Å². The van der Waals surface area contributed by atoms with Crippen LogP contribution in [-0.2, 0) is 10.1 Å². The van der Waals surface area contributed by atoms with Gasteiger partial charge in [-0.25, -0.2) is 22.0 Å². The number of rotatable bonds is 6. The summed E-state index contributed by atoms with van der Waals surface area (Å²) in [6.07, 6.45) is 0. The van der Waals surface area contributed by atoms with Crippen molar-refractivity contribution in [3.63, 3.8) is 0 Å². The molecule has 0 bridgehead atoms. The van der Waals surface area contributed by atoms with Gasteiger partial charge in [-0.1, -0.05) is 127 Å². The first-order valence-electron chi connectivity index (χ1n) is 16.2. The van der Waals surface area contributed by atoms with E-state index in [1.165, 1.54) is 0 Å². The number of carbonyl (C=O) groups excluding carboxylic acids is 1. The molecule has 8 aromatic carbocycles. The predicted octanol–water partition coefficient (Wildman–Crippen LogP) is 10.8. The molecule has 0 radical (unpaired) electrons. The van der Waals surface area contributed by atoms with Crippen molar-refractivity contribution in [2.24, 2.45) is 0 Å². The van der Waals surface area contributed by atoms with Crippen LogP contribution in [0.5, 0.6) is 5.75 Å². The van der Waals surface area contributed by atoms with Gasteiger partial charge in [-0.15, -0.1) is 0 Å². The number of esters is 1. The second-order valence-corrected chi connectivity index (χ2v) is 13.6. The third-order valence-corrected chi connectivity index (χ3v) is 10.1. The van der Waals surface area contributed by atoms with E-state index in [9.17, 15) is 26.5 Å². The summed E-state index contributed by atoms with van der Waals surface area (Å²) < 4.78 is 100. The first-order chi connectivity index (χ1) is 25.5. The lowest BCUT2D eigenvalue weighted by Crippen LogP contribution is -2.17. The zero-order valence-electron chi connectivity index (χ0n) is 27.2. The van der Waals surface area contributed by atoms with E-state index in [0.29, 0.717) is 27.5 Å². The van der Waals surface area contributed by atoms with E-state index in [1.807, 2.05) is 103 Å². The maximum atomic E-state index is 15.3. The van der Waals surface area contributed by atoms with Crippen molar-refractivity contribution in [2.45, 2.75) is 4.90 Å². The third-order valence-electron chi connectivity index (χ3n) is 9.23. The quantitative estimate of drug-likeness (QED) is 0.0560. The van der Waals surface area contributed by atoms with Crippen molar-refractivity contribution in [3.05, 3.63) is 168 Å². The van der Waals surface area contributed by atoms with Crippen LogP contribution in [-0.4, -0.2) is 18.9 Å². The number of benzene rings is 8. The minimum atomic E-state index is -6.00. The van der Waals surface area contributed by atoms with Gasteiger partial charge in [-0.3, -0.25) is 0 Å². The van der Waals surface area contributed by atoms with Gasteiger partial charge in [-0.2, -0.15) is 8.78 Å². The lowest BCUT2D eigenvalue weighted by molar-refractivity contribution is 0.0718. The Bertz CT molecular complexity index is 2780. The summed E-state index contributed by atoms with van der Waals surface area (Å²) in [7, 11) is -6.00. The monoisotopic (exact) mass is 727 g/mol. The van der Waals surface area contributed by atoms with Crippen molar-refractivity contribution >= 4 is 48.4 Å². The summed E-state index contributed by atoms with van der Waals surface area (Å²) in [6.45, 7) is 0. The number of hydrogen-bond acceptors (Lipinski definition) is 5. The molecule has 0 aliphatic heterocycles. The van der Waals surface area contributed by atoms with E-state index < -0.39 is 50.0 Å². The maximum Gasteiger partial charge on any atom is 0.345 e. The summed E-state index contributed by atoms with van der Waals surface area (Å²) in [5, 5.41) is 4.89. The highest BCUT2D eigenvalue weighted by Crippen LogP contribution is 2.44. The number of carbonyl (C=O) groups is 1. The molecule has 53 heavy (non-hydrogen) atoms. The van der Waals surface area contributed by atoms with E-state index in [1.54, 1.807) is 36.4 Å². The summed E-state index contributed by atoms with van der Waals surface area (Å²) >= 11 is 0. The van der Waals surface area contributed by atoms with Crippen LogP contribution >= 0.6 is 0 Å². The molecule has 0 heterocycles. The Labute approximate surface area is 300 Å². The van der Waals surface area contributed by atoms with E-state index in [-0.39, 0.29) is 16.7 Å². The molecule has 0 saturated carbocycles. The second-order valence-electron chi connectivity index (χ2n) is 12.3. The molecular weight excluding hydrogens is 705 g/mol. The molecule has 0 unspecified atom stereocenters. The molecule has 0 spiro atoms. The highest BCUT2D eigenvalue weighted by molar-refractivity contribution is 7.85. The van der Waals surface area contributed by atoms with Crippen molar-refractivity contribution in [2.75, 3.05) is 0 Å². The van der Waals surface area contributed by atoms with Gasteiger partial charge < -0.3 is 9.29 Å². The van der Waals surface area contributed by atoms with Crippen LogP contribution in [0.25, 0.3) is 65.7 Å². The molecule has 0 fully saturated rings. The summed E-state index contributed by atoms with van der Waals surface area (Å²) in [6, 6.07) is 42.6. The van der Waals surface area contributed by atoms with Gasteiger partial charge >= 0.3 is 5.97 Å². The van der Waals surface area contributed by atoms with Gasteiger partial charge in [0.2, 0.25) is 17.4 Å². The average molecular weight is 728 g/mol. The fraction of sp³-hybridized carbons (Fsp3) is 0. The van der Waals surface area contributed by atoms with Gasteiger partial charge in [0, 0.05) is 0 Å². The van der Waals surface area contributed by atoms with E-state index in [4.69, 9.17) is 4.74 Å². The van der Waals surface area contributed by atoms with Crippen LogP contribution in [0.3, 0.4) is 0 Å². The first kappa shape index (κ1) is 33.8. The highest BCUT2D eigenvalue weighted by Gasteiger charge is 2.33. The van der Waals surface area contributed by atoms with Crippen molar-refractivity contribution in [3.8, 4) is 39.1 Å². The Morgan fingerprint density at radius 2 is 0.868 bits per heavy atom. The molecule has 5 nitrogen and oxygen atoms in total. The van der Waals surface area contributed by atoms with Crippen molar-refractivity contribution in [1.29, 1.82) is 0 Å². The number of hydrogen-bond donors (Lipinski definition) is 0. The summed E-state index contributed by atoms with van der Waals surface area (Å²) in [5.74, 6) is -13.0. The van der Waals surface area contributed by atoms with Crippen LogP contribution in [0, 0.1) is 23.3 Å². The molecule has 8 rings (SSSR count). The van der Waals surface area contributed by atoms with E-state index in [0.717, 1.165) is 27.1 Å². The van der Waals surface area contributed by atoms with Crippen LogP contribution < -0.4 is 4.74 Å². The molecule has 0 aliphatic rings. The molecule has 0 saturated heterocycles. The van der Waals surface area contributed by atoms with Gasteiger partial charge in [0.25, 0.3) is 0 Å². The molecule has 10 heteroatoms. The lowest BCUT2D eigenvalue weighted by atomic mass is 9.84. The van der Waals surface area contributed by atoms with Gasteiger partial charge in [0.15, 0.2) is 11.6 Å². The van der Waals surface area contributed by atoms with Crippen molar-refractivity contribution in [1.82, 2.24) is 0 Å². The van der Waals surface area contributed by atoms with Crippen LogP contribution in [0.2, 0.25) is 0 Å². The Morgan fingerprint density at radius 1 is 0.491 bits per heavy atom. The van der Waals surface area contributed by atoms with Crippen LogP contribution in [0.4, 0.5) is 17.6 Å². The van der Waals surface area contributed by atoms with Gasteiger partial charge in [0.1, 0.15) is 15.0 Å². The van der Waals surface area contributed by atoms with Gasteiger partial charge in [-0.05, 0) is 77.8 Å². The number of halogens is 4. The molecular formula is C43H23F4O5S-. The molecule has 0 aliphatic carbocycles. The zero-order valence-corrected chi connectivity index (χ0v) is 28.1. The Morgan fingerprint density at radius 3 is 1.30 bits per heavy atom. The maximum absolute atomic E-state index is 15.3. The Hall–Kier alpha value is -6.36. The topological polar surface area (TPSA) is 83.5 Å². The predicted molar refractivity (Wildman–Crippen MR) is 194 cm³/mol. The third kappa shape index (κ3) is 5.78. The minimum Gasteiger partial charge on any atom is -0.744 e. The Balaban J connectivity index is 1.48. The normalized spacial score (nSPS) is 11.7. The lowest BCUT2D eigenvalue weighted by Gasteiger charge is -2.21. The number of ether oxygens (including phenoxy) is 1. The van der Waals surface area contributed by atoms with E-state index in [2.05, 4.69) is 0 Å². The molecule has 260 valence electrons. The Kier molecular flexibility index (Phi) is 8.28. The fourth-order valence-electron chi connectivity index (χ4n) is 6.88. The summed E-state index contributed by atoms with van der Waals surface area (Å²) in [5.41, 5.74) is 2.86. The minimum absolute atomic E-state index is 0.207. The van der Waals surface area contributed by atoms with Gasteiger partial charge in [0.05, 0.1) is 5.56 Å². The molecule has 0 N–H and O–H groups in total. The fourth-order valence-corrected chi connectivity index (χ4v) is 7.50. The second kappa shape index (κ2) is 13.0. The largest absolute Gasteiger partial charge is 0.744 e. The SMILES string of the molecule is O=C(Oc1c(F)c(F)c(S(=O)(=O)[O-])c(F)c1F)c1c(-c2cccc3ccccc23)cc(-c2cccc3ccccc23)cc1-c1cccc2ccccc12. The first-order valence-corrected chi connectivity index (χ1v) is 17.6. The average Bonchev–Trinajstić information content (AvgIpc) is 3.17. The standard InChI is InChI=1S/C43H24F4O5S/c44-37-39(46)42(53(49,50)51)40(47)38(45)41(37)52-43(48)36-34(32-20-8-14-25-11-2-5-17-29(25)32)22-27(31-19-7-13-24-10-1-4-16-28(24)31)23-35(36)33-21-9-15-26-12-3-6-18-30(26)33/h1-23H,(H,49,50,51)/p-1. The zero-order chi connectivity index (χ0) is 37.0.